The van der Waals surface area contributed by atoms with Gasteiger partial charge in [0.2, 0.25) is 0 Å². The van der Waals surface area contributed by atoms with Crippen molar-refractivity contribution in [1.82, 2.24) is 4.90 Å². The normalized spacial score (nSPS) is 9.96. The molecule has 0 radical (unpaired) electrons. The highest BCUT2D eigenvalue weighted by Gasteiger charge is 2.14. The number of nitrogens with two attached hydrogens (primary N) is 1. The number of aryl methyl sites for hydroxylation is 1. The number of nitrogen functional groups attached to an aromatic ring is 1. The molecule has 0 spiro atoms. The minimum atomic E-state index is -0.0300. The van der Waals surface area contributed by atoms with E-state index in [-0.39, 0.29) is 18.3 Å². The second kappa shape index (κ2) is 9.40. The highest BCUT2D eigenvalue weighted by Crippen LogP contribution is 2.17. The van der Waals surface area contributed by atoms with Gasteiger partial charge in [-0.25, -0.2) is 0 Å². The molecule has 2 aromatic carbocycles. The zero-order chi connectivity index (χ0) is 16.8. The largest absolute Gasteiger partial charge is 0.493 e. The lowest BCUT2D eigenvalue weighted by Crippen LogP contribution is -2.29. The summed E-state index contributed by atoms with van der Waals surface area (Å²) in [6.07, 6.45) is 0.732. The zero-order valence-electron chi connectivity index (χ0n) is 13.8. The first-order valence-electron chi connectivity index (χ1n) is 7.47. The Balaban J connectivity index is 0.00000288. The number of rotatable bonds is 6. The molecule has 6 heteroatoms. The summed E-state index contributed by atoms with van der Waals surface area (Å²) in [7, 11) is 1.78. The third kappa shape index (κ3) is 5.62. The monoisotopic (exact) mass is 368 g/mol. The standard InChI is InChI=1S/C18H21ClN2O2.ClH/c1-13-7-8-15(20)12-17(13)18(22)21(2)9-4-10-23-16-6-3-5-14(19)11-16;/h3,5-8,11-12H,4,9-10,20H2,1-2H3;1H. The van der Waals surface area contributed by atoms with Gasteiger partial charge in [0.05, 0.1) is 6.61 Å². The van der Waals surface area contributed by atoms with Crippen LogP contribution in [0.5, 0.6) is 5.75 Å². The molecule has 0 heterocycles. The van der Waals surface area contributed by atoms with Crippen LogP contribution in [0.4, 0.5) is 5.69 Å². The molecule has 0 unspecified atom stereocenters. The third-order valence-corrected chi connectivity index (χ3v) is 3.78. The molecule has 0 aliphatic rings. The molecule has 2 N–H and O–H groups in total. The Labute approximate surface area is 154 Å². The molecular formula is C18H22Cl2N2O2. The first-order chi connectivity index (χ1) is 11.0. The highest BCUT2D eigenvalue weighted by atomic mass is 35.5. The molecule has 0 aromatic heterocycles. The fourth-order valence-corrected chi connectivity index (χ4v) is 2.41. The number of nitrogens with zero attached hydrogens (tertiary/aromatic N) is 1. The number of carbonyl (C=O) groups is 1. The molecule has 4 nitrogen and oxygen atoms in total. The molecule has 0 fully saturated rings. The average molecular weight is 369 g/mol. The second-order valence-electron chi connectivity index (χ2n) is 5.46. The van der Waals surface area contributed by atoms with Gasteiger partial charge in [0.25, 0.3) is 5.91 Å². The first kappa shape index (κ1) is 20.1. The quantitative estimate of drug-likeness (QED) is 0.614. The summed E-state index contributed by atoms with van der Waals surface area (Å²) in [5.74, 6) is 0.704. The topological polar surface area (TPSA) is 55.6 Å². The van der Waals surface area contributed by atoms with E-state index in [9.17, 15) is 4.79 Å². The second-order valence-corrected chi connectivity index (χ2v) is 5.90. The lowest BCUT2D eigenvalue weighted by Gasteiger charge is -2.18. The number of anilines is 1. The van der Waals surface area contributed by atoms with Crippen molar-refractivity contribution in [2.24, 2.45) is 0 Å². The number of hydrogen-bond donors (Lipinski definition) is 1. The lowest BCUT2D eigenvalue weighted by molar-refractivity contribution is 0.0787. The van der Waals surface area contributed by atoms with E-state index in [0.29, 0.717) is 29.4 Å². The lowest BCUT2D eigenvalue weighted by atomic mass is 10.1. The summed E-state index contributed by atoms with van der Waals surface area (Å²) < 4.78 is 5.62. The molecule has 0 saturated carbocycles. The molecule has 130 valence electrons. The van der Waals surface area contributed by atoms with Gasteiger partial charge in [-0.05, 0) is 49.2 Å². The van der Waals surface area contributed by atoms with Crippen molar-refractivity contribution in [3.8, 4) is 5.75 Å². The minimum absolute atomic E-state index is 0. The van der Waals surface area contributed by atoms with Crippen molar-refractivity contribution in [3.63, 3.8) is 0 Å². The number of hydrogen-bond acceptors (Lipinski definition) is 3. The van der Waals surface area contributed by atoms with Crippen molar-refractivity contribution >= 4 is 35.6 Å². The van der Waals surface area contributed by atoms with Crippen LogP contribution in [0, 0.1) is 6.92 Å². The van der Waals surface area contributed by atoms with Gasteiger partial charge in [-0.15, -0.1) is 12.4 Å². The molecule has 0 atom stereocenters. The zero-order valence-corrected chi connectivity index (χ0v) is 15.4. The maximum Gasteiger partial charge on any atom is 0.253 e. The predicted molar refractivity (Wildman–Crippen MR) is 101 cm³/mol. The van der Waals surface area contributed by atoms with E-state index in [2.05, 4.69) is 0 Å². The fourth-order valence-electron chi connectivity index (χ4n) is 2.23. The average Bonchev–Trinajstić information content (AvgIpc) is 2.53. The predicted octanol–water partition coefficient (Wildman–Crippen LogP) is 4.19. The van der Waals surface area contributed by atoms with Gasteiger partial charge in [0.1, 0.15) is 5.75 Å². The van der Waals surface area contributed by atoms with Crippen LogP contribution >= 0.6 is 24.0 Å². The maximum absolute atomic E-state index is 12.4. The van der Waals surface area contributed by atoms with Gasteiger partial charge in [0, 0.05) is 29.9 Å². The molecule has 2 rings (SSSR count). The van der Waals surface area contributed by atoms with Crippen LogP contribution in [0.1, 0.15) is 22.3 Å². The summed E-state index contributed by atoms with van der Waals surface area (Å²) in [4.78, 5) is 14.1. The Morgan fingerprint density at radius 1 is 1.25 bits per heavy atom. The number of amides is 1. The number of carbonyl (C=O) groups excluding carboxylic acids is 1. The van der Waals surface area contributed by atoms with Crippen LogP contribution in [0.15, 0.2) is 42.5 Å². The van der Waals surface area contributed by atoms with Crippen molar-refractivity contribution in [2.45, 2.75) is 13.3 Å². The molecule has 24 heavy (non-hydrogen) atoms. The Morgan fingerprint density at radius 2 is 2.00 bits per heavy atom. The van der Waals surface area contributed by atoms with Crippen LogP contribution in [0.2, 0.25) is 5.02 Å². The van der Waals surface area contributed by atoms with Crippen LogP contribution in [0.3, 0.4) is 0 Å². The van der Waals surface area contributed by atoms with Crippen molar-refractivity contribution in [2.75, 3.05) is 25.9 Å². The van der Waals surface area contributed by atoms with E-state index in [1.807, 2.05) is 25.1 Å². The number of benzene rings is 2. The molecular weight excluding hydrogens is 347 g/mol. The maximum atomic E-state index is 12.4. The van der Waals surface area contributed by atoms with Gasteiger partial charge < -0.3 is 15.4 Å². The Hall–Kier alpha value is -1.91. The van der Waals surface area contributed by atoms with E-state index < -0.39 is 0 Å². The number of halogens is 2. The SMILES string of the molecule is Cc1ccc(N)cc1C(=O)N(C)CCCOc1cccc(Cl)c1.Cl. The minimum Gasteiger partial charge on any atom is -0.493 e. The van der Waals surface area contributed by atoms with E-state index in [0.717, 1.165) is 17.7 Å². The fraction of sp³-hybridized carbons (Fsp3) is 0.278. The van der Waals surface area contributed by atoms with Gasteiger partial charge in [-0.3, -0.25) is 4.79 Å². The smallest absolute Gasteiger partial charge is 0.253 e. The van der Waals surface area contributed by atoms with E-state index >= 15 is 0 Å². The van der Waals surface area contributed by atoms with Gasteiger partial charge in [0.15, 0.2) is 0 Å². The van der Waals surface area contributed by atoms with E-state index in [4.69, 9.17) is 22.1 Å². The molecule has 2 aromatic rings. The van der Waals surface area contributed by atoms with Crippen LogP contribution in [0.25, 0.3) is 0 Å². The molecule has 1 amide bonds. The first-order valence-corrected chi connectivity index (χ1v) is 7.85. The van der Waals surface area contributed by atoms with Crippen LogP contribution in [-0.2, 0) is 0 Å². The Morgan fingerprint density at radius 3 is 2.71 bits per heavy atom. The third-order valence-electron chi connectivity index (χ3n) is 3.54. The molecule has 0 saturated heterocycles. The van der Waals surface area contributed by atoms with Gasteiger partial charge in [-0.1, -0.05) is 23.7 Å². The van der Waals surface area contributed by atoms with Crippen molar-refractivity contribution in [3.05, 3.63) is 58.6 Å². The van der Waals surface area contributed by atoms with E-state index in [1.54, 1.807) is 36.2 Å². The van der Waals surface area contributed by atoms with Crippen LogP contribution < -0.4 is 10.5 Å². The molecule has 0 aliphatic heterocycles. The van der Waals surface area contributed by atoms with Crippen molar-refractivity contribution in [1.29, 1.82) is 0 Å². The summed E-state index contributed by atoms with van der Waals surface area (Å²) in [5, 5.41) is 0.645. The number of ether oxygens (including phenoxy) is 1. The van der Waals surface area contributed by atoms with E-state index in [1.165, 1.54) is 0 Å². The van der Waals surface area contributed by atoms with Gasteiger partial charge in [-0.2, -0.15) is 0 Å². The summed E-state index contributed by atoms with van der Waals surface area (Å²) in [5.41, 5.74) is 7.92. The summed E-state index contributed by atoms with van der Waals surface area (Å²) >= 11 is 5.90. The molecule has 0 aliphatic carbocycles. The highest BCUT2D eigenvalue weighted by molar-refractivity contribution is 6.30. The van der Waals surface area contributed by atoms with Crippen LogP contribution in [-0.4, -0.2) is 31.0 Å². The summed E-state index contributed by atoms with van der Waals surface area (Å²) in [6.45, 7) is 3.03. The van der Waals surface area contributed by atoms with Gasteiger partial charge >= 0.3 is 0 Å². The Bertz CT molecular complexity index is 692. The molecule has 0 bridgehead atoms. The Kier molecular flexibility index (Phi) is 7.89. The van der Waals surface area contributed by atoms with Crippen molar-refractivity contribution < 1.29 is 9.53 Å². The summed E-state index contributed by atoms with van der Waals surface area (Å²) in [6, 6.07) is 12.6.